The van der Waals surface area contributed by atoms with Crippen molar-refractivity contribution in [3.63, 3.8) is 0 Å². The van der Waals surface area contributed by atoms with Gasteiger partial charge in [0.05, 0.1) is 6.54 Å². The Morgan fingerprint density at radius 3 is 2.56 bits per heavy atom. The van der Waals surface area contributed by atoms with Gasteiger partial charge < -0.3 is 9.88 Å². The Bertz CT molecular complexity index is 1430. The van der Waals surface area contributed by atoms with Gasteiger partial charge in [0.2, 0.25) is 5.91 Å². The van der Waals surface area contributed by atoms with Crippen molar-refractivity contribution in [1.82, 2.24) is 18.7 Å². The highest BCUT2D eigenvalue weighted by molar-refractivity contribution is 5.90. The molecule has 3 heterocycles. The number of benzene rings is 2. The molecule has 8 heteroatoms. The number of carbonyl (C=O) groups excluding carboxylic acids is 1. The average Bonchev–Trinajstić information content (AvgIpc) is 3.29. The third-order valence-electron chi connectivity index (χ3n) is 6.07. The van der Waals surface area contributed by atoms with Crippen LogP contribution in [-0.4, -0.2) is 24.6 Å². The Morgan fingerprint density at radius 1 is 0.971 bits per heavy atom. The molecule has 5 rings (SSSR count). The molecule has 172 valence electrons. The van der Waals surface area contributed by atoms with Gasteiger partial charge in [-0.2, -0.15) is 0 Å². The lowest BCUT2D eigenvalue weighted by molar-refractivity contribution is -0.116. The van der Waals surface area contributed by atoms with Gasteiger partial charge in [0.15, 0.2) is 0 Å². The zero-order chi connectivity index (χ0) is 23.5. The maximum Gasteiger partial charge on any atom is 0.331 e. The molecule has 0 radical (unpaired) electrons. The van der Waals surface area contributed by atoms with Crippen molar-refractivity contribution in [2.45, 2.75) is 38.9 Å². The summed E-state index contributed by atoms with van der Waals surface area (Å²) in [5, 5.41) is 2.77. The molecule has 0 unspecified atom stereocenters. The molecule has 0 aliphatic carbocycles. The van der Waals surface area contributed by atoms with E-state index < -0.39 is 17.2 Å². The Labute approximate surface area is 196 Å². The lowest BCUT2D eigenvalue weighted by atomic mass is 10.1. The molecule has 0 atom stereocenters. The smallest absolute Gasteiger partial charge is 0.328 e. The fraction of sp³-hybridized carbons (Fsp3) is 0.231. The van der Waals surface area contributed by atoms with Crippen LogP contribution in [0.15, 0.2) is 82.6 Å². The Morgan fingerprint density at radius 2 is 1.76 bits per heavy atom. The first-order valence-electron chi connectivity index (χ1n) is 11.4. The van der Waals surface area contributed by atoms with E-state index in [4.69, 9.17) is 0 Å². The lowest BCUT2D eigenvalue weighted by Crippen LogP contribution is -2.41. The molecule has 1 amide bonds. The Hall–Kier alpha value is -4.20. The summed E-state index contributed by atoms with van der Waals surface area (Å²) < 4.78 is 4.62. The van der Waals surface area contributed by atoms with Crippen molar-refractivity contribution in [2.24, 2.45) is 0 Å². The van der Waals surface area contributed by atoms with Crippen molar-refractivity contribution < 1.29 is 4.79 Å². The van der Waals surface area contributed by atoms with Crippen LogP contribution in [0.4, 0.5) is 5.69 Å². The summed E-state index contributed by atoms with van der Waals surface area (Å²) in [6.45, 7) is 0.931. The predicted octanol–water partition coefficient (Wildman–Crippen LogP) is 2.90. The van der Waals surface area contributed by atoms with E-state index in [0.29, 0.717) is 12.2 Å². The van der Waals surface area contributed by atoms with Crippen LogP contribution in [0.2, 0.25) is 0 Å². The van der Waals surface area contributed by atoms with Gasteiger partial charge in [-0.15, -0.1) is 0 Å². The number of hydrogen-bond donors (Lipinski definition) is 1. The van der Waals surface area contributed by atoms with Crippen LogP contribution in [0.1, 0.15) is 24.1 Å². The van der Waals surface area contributed by atoms with E-state index in [0.717, 1.165) is 40.9 Å². The van der Waals surface area contributed by atoms with Crippen molar-refractivity contribution in [3.8, 4) is 11.4 Å². The van der Waals surface area contributed by atoms with Crippen molar-refractivity contribution in [3.05, 3.63) is 105 Å². The second-order valence-electron chi connectivity index (χ2n) is 8.44. The van der Waals surface area contributed by atoms with Gasteiger partial charge in [-0.1, -0.05) is 30.3 Å². The molecule has 4 aromatic rings. The number of fused-ring (bicyclic) bond motifs is 1. The SMILES string of the molecule is O=C(Cn1c(=O)ccn(Cc2ccccc2)c1=O)Nc1ccc(-c2ncc3n2CCCC3)cc1. The van der Waals surface area contributed by atoms with Gasteiger partial charge >= 0.3 is 5.69 Å². The van der Waals surface area contributed by atoms with Crippen molar-refractivity contribution >= 4 is 11.6 Å². The summed E-state index contributed by atoms with van der Waals surface area (Å²) >= 11 is 0. The molecule has 34 heavy (non-hydrogen) atoms. The molecular formula is C26H25N5O3. The maximum absolute atomic E-state index is 12.8. The molecule has 2 aromatic heterocycles. The number of imidazole rings is 1. The maximum atomic E-state index is 12.8. The molecule has 1 aliphatic heterocycles. The fourth-order valence-electron chi connectivity index (χ4n) is 4.32. The number of carbonyl (C=O) groups is 1. The van der Waals surface area contributed by atoms with Crippen molar-refractivity contribution in [2.75, 3.05) is 5.32 Å². The highest BCUT2D eigenvalue weighted by Gasteiger charge is 2.15. The van der Waals surface area contributed by atoms with Crippen LogP contribution in [0.5, 0.6) is 0 Å². The number of anilines is 1. The normalized spacial score (nSPS) is 12.8. The summed E-state index contributed by atoms with van der Waals surface area (Å²) in [6, 6.07) is 18.2. The largest absolute Gasteiger partial charge is 0.331 e. The Balaban J connectivity index is 1.29. The van der Waals surface area contributed by atoms with Crippen molar-refractivity contribution in [1.29, 1.82) is 0 Å². The van der Waals surface area contributed by atoms with Crippen LogP contribution in [0.25, 0.3) is 11.4 Å². The van der Waals surface area contributed by atoms with Gasteiger partial charge in [0.1, 0.15) is 12.4 Å². The highest BCUT2D eigenvalue weighted by atomic mass is 16.2. The van der Waals surface area contributed by atoms with Gasteiger partial charge in [-0.3, -0.25) is 18.7 Å². The lowest BCUT2D eigenvalue weighted by Gasteiger charge is -2.16. The van der Waals surface area contributed by atoms with E-state index in [1.807, 2.05) is 48.7 Å². The summed E-state index contributed by atoms with van der Waals surface area (Å²) in [6.07, 6.45) is 6.78. The zero-order valence-corrected chi connectivity index (χ0v) is 18.7. The molecule has 0 saturated carbocycles. The number of rotatable bonds is 6. The topological polar surface area (TPSA) is 90.9 Å². The number of amides is 1. The molecule has 1 aliphatic rings. The minimum absolute atomic E-state index is 0.320. The van der Waals surface area contributed by atoms with Crippen LogP contribution in [0, 0.1) is 0 Å². The first-order chi connectivity index (χ1) is 16.6. The van der Waals surface area contributed by atoms with Crippen LogP contribution < -0.4 is 16.6 Å². The highest BCUT2D eigenvalue weighted by Crippen LogP contribution is 2.25. The standard InChI is InChI=1S/C26H25N5O3/c32-23(18-31-24(33)13-15-29(26(31)34)17-19-6-2-1-3-7-19)28-21-11-9-20(10-12-21)25-27-16-22-8-4-5-14-30(22)25/h1-3,6-7,9-13,15-16H,4-5,8,14,17-18H2,(H,28,32). The van der Waals surface area contributed by atoms with Gasteiger partial charge in [0, 0.05) is 41.9 Å². The quantitative estimate of drug-likeness (QED) is 0.484. The first kappa shape index (κ1) is 21.6. The second kappa shape index (κ2) is 9.35. The zero-order valence-electron chi connectivity index (χ0n) is 18.7. The fourth-order valence-corrected chi connectivity index (χ4v) is 4.32. The van der Waals surface area contributed by atoms with Crippen LogP contribution in [-0.2, 0) is 30.8 Å². The molecule has 1 N–H and O–H groups in total. The van der Waals surface area contributed by atoms with E-state index in [1.54, 1.807) is 12.1 Å². The van der Waals surface area contributed by atoms with E-state index in [1.165, 1.54) is 28.9 Å². The molecule has 0 fully saturated rings. The minimum Gasteiger partial charge on any atom is -0.328 e. The minimum atomic E-state index is -0.522. The van der Waals surface area contributed by atoms with Gasteiger partial charge in [-0.25, -0.2) is 9.78 Å². The third-order valence-corrected chi connectivity index (χ3v) is 6.07. The summed E-state index contributed by atoms with van der Waals surface area (Å²) in [5.74, 6) is 0.491. The molecule has 8 nitrogen and oxygen atoms in total. The molecule has 0 saturated heterocycles. The molecular weight excluding hydrogens is 430 g/mol. The van der Waals surface area contributed by atoms with Crippen LogP contribution in [0.3, 0.4) is 0 Å². The number of aryl methyl sites for hydroxylation is 1. The predicted molar refractivity (Wildman–Crippen MR) is 130 cm³/mol. The summed E-state index contributed by atoms with van der Waals surface area (Å²) in [4.78, 5) is 42.3. The number of nitrogens with one attached hydrogen (secondary N) is 1. The van der Waals surface area contributed by atoms with E-state index >= 15 is 0 Å². The monoisotopic (exact) mass is 455 g/mol. The van der Waals surface area contributed by atoms with E-state index in [-0.39, 0.29) is 6.54 Å². The third kappa shape index (κ3) is 4.47. The first-order valence-corrected chi connectivity index (χ1v) is 11.4. The molecule has 0 spiro atoms. The van der Waals surface area contributed by atoms with E-state index in [2.05, 4.69) is 14.9 Å². The number of aromatic nitrogens is 4. The Kier molecular flexibility index (Phi) is 5.95. The van der Waals surface area contributed by atoms with Gasteiger partial charge in [0.25, 0.3) is 5.56 Å². The number of nitrogens with zero attached hydrogens (tertiary/aromatic N) is 4. The number of hydrogen-bond acceptors (Lipinski definition) is 4. The average molecular weight is 456 g/mol. The summed E-state index contributed by atoms with van der Waals surface area (Å²) in [5.41, 5.74) is 2.72. The second-order valence-corrected chi connectivity index (χ2v) is 8.44. The van der Waals surface area contributed by atoms with Gasteiger partial charge in [-0.05, 0) is 49.1 Å². The van der Waals surface area contributed by atoms with Crippen LogP contribution >= 0.6 is 0 Å². The molecule has 2 aromatic carbocycles. The van der Waals surface area contributed by atoms with E-state index in [9.17, 15) is 14.4 Å². The molecule has 0 bridgehead atoms. The summed E-state index contributed by atoms with van der Waals surface area (Å²) in [7, 11) is 0.